The van der Waals surface area contributed by atoms with Crippen LogP contribution >= 0.6 is 11.3 Å². The van der Waals surface area contributed by atoms with Crippen molar-refractivity contribution in [1.29, 1.82) is 0 Å². The Morgan fingerprint density at radius 1 is 1.10 bits per heavy atom. The Balaban J connectivity index is 1.57. The number of para-hydroxylation sites is 1. The molecule has 0 aliphatic carbocycles. The first-order valence-electron chi connectivity index (χ1n) is 10.0. The lowest BCUT2D eigenvalue weighted by atomic mass is 10.0. The van der Waals surface area contributed by atoms with E-state index in [-0.39, 0.29) is 24.1 Å². The first-order valence-corrected chi connectivity index (χ1v) is 10.9. The zero-order valence-electron chi connectivity index (χ0n) is 16.7. The summed E-state index contributed by atoms with van der Waals surface area (Å²) in [6.07, 6.45) is 3.57. The summed E-state index contributed by atoms with van der Waals surface area (Å²) in [5.74, 6) is -0.231. The monoisotopic (exact) mass is 417 g/mol. The normalized spacial score (nSPS) is 12.0. The molecule has 0 fully saturated rings. The molecule has 1 unspecified atom stereocenters. The second-order valence-electron chi connectivity index (χ2n) is 7.20. The maximum Gasteiger partial charge on any atom is 0.261 e. The molecule has 5 nitrogen and oxygen atoms in total. The number of carbonyl (C=O) groups is 1. The maximum absolute atomic E-state index is 12.9. The first-order chi connectivity index (χ1) is 14.7. The van der Waals surface area contributed by atoms with Crippen molar-refractivity contribution in [3.63, 3.8) is 0 Å². The van der Waals surface area contributed by atoms with E-state index in [1.807, 2.05) is 23.6 Å². The standard InChI is InChI=1S/C24H23N3O2S/c1-2-6-17-10-12-18(13-11-17)23(21-9-5-14-30-21)26-22(28)15-27-16-25-20-8-4-3-7-19(20)24(27)29/h3-5,7-14,16,23H,2,6,15H2,1H3,(H,26,28). The lowest BCUT2D eigenvalue weighted by Crippen LogP contribution is -2.35. The maximum atomic E-state index is 12.9. The fraction of sp³-hybridized carbons (Fsp3) is 0.208. The number of amides is 1. The summed E-state index contributed by atoms with van der Waals surface area (Å²) < 4.78 is 1.35. The smallest absolute Gasteiger partial charge is 0.261 e. The first kappa shape index (κ1) is 20.0. The van der Waals surface area contributed by atoms with Crippen LogP contribution in [-0.4, -0.2) is 15.5 Å². The molecular formula is C24H23N3O2S. The SMILES string of the molecule is CCCc1ccc(C(NC(=O)Cn2cnc3ccccc3c2=O)c2cccs2)cc1. The van der Waals surface area contributed by atoms with Crippen LogP contribution in [0.4, 0.5) is 0 Å². The van der Waals surface area contributed by atoms with Gasteiger partial charge in [-0.25, -0.2) is 4.98 Å². The van der Waals surface area contributed by atoms with Crippen molar-refractivity contribution in [2.45, 2.75) is 32.4 Å². The zero-order chi connectivity index (χ0) is 20.9. The highest BCUT2D eigenvalue weighted by molar-refractivity contribution is 7.10. The molecule has 2 aromatic heterocycles. The molecule has 2 heterocycles. The average molecular weight is 418 g/mol. The summed E-state index contributed by atoms with van der Waals surface area (Å²) in [4.78, 5) is 30.9. The molecule has 0 radical (unpaired) electrons. The number of hydrogen-bond acceptors (Lipinski definition) is 4. The van der Waals surface area contributed by atoms with E-state index in [2.05, 4.69) is 41.5 Å². The van der Waals surface area contributed by atoms with E-state index >= 15 is 0 Å². The fourth-order valence-electron chi connectivity index (χ4n) is 3.52. The quantitative estimate of drug-likeness (QED) is 0.487. The number of rotatable bonds is 7. The van der Waals surface area contributed by atoms with Crippen molar-refractivity contribution in [2.24, 2.45) is 0 Å². The van der Waals surface area contributed by atoms with Gasteiger partial charge in [0.1, 0.15) is 6.54 Å². The van der Waals surface area contributed by atoms with Gasteiger partial charge in [0.15, 0.2) is 0 Å². The molecule has 1 amide bonds. The van der Waals surface area contributed by atoms with Crippen LogP contribution in [0.25, 0.3) is 10.9 Å². The highest BCUT2D eigenvalue weighted by Gasteiger charge is 2.19. The Kier molecular flexibility index (Phi) is 6.05. The number of fused-ring (bicyclic) bond motifs is 1. The van der Waals surface area contributed by atoms with Crippen LogP contribution in [0.1, 0.15) is 35.4 Å². The van der Waals surface area contributed by atoms with Crippen molar-refractivity contribution in [1.82, 2.24) is 14.9 Å². The molecule has 30 heavy (non-hydrogen) atoms. The van der Waals surface area contributed by atoms with E-state index < -0.39 is 0 Å². The highest BCUT2D eigenvalue weighted by Crippen LogP contribution is 2.26. The average Bonchev–Trinajstić information content (AvgIpc) is 3.30. The topological polar surface area (TPSA) is 64.0 Å². The number of hydrogen-bond donors (Lipinski definition) is 1. The number of thiophene rings is 1. The molecule has 1 atom stereocenters. The minimum Gasteiger partial charge on any atom is -0.343 e. The molecule has 4 aromatic rings. The van der Waals surface area contributed by atoms with Crippen molar-refractivity contribution in [3.8, 4) is 0 Å². The second-order valence-corrected chi connectivity index (χ2v) is 8.18. The van der Waals surface area contributed by atoms with Gasteiger partial charge in [-0.15, -0.1) is 11.3 Å². The van der Waals surface area contributed by atoms with Gasteiger partial charge >= 0.3 is 0 Å². The van der Waals surface area contributed by atoms with Crippen LogP contribution in [0, 0.1) is 0 Å². The van der Waals surface area contributed by atoms with E-state index in [9.17, 15) is 9.59 Å². The lowest BCUT2D eigenvalue weighted by Gasteiger charge is -2.19. The summed E-state index contributed by atoms with van der Waals surface area (Å²) >= 11 is 1.60. The Labute approximate surface area is 179 Å². The van der Waals surface area contributed by atoms with E-state index in [0.717, 1.165) is 23.3 Å². The number of carbonyl (C=O) groups excluding carboxylic acids is 1. The molecule has 0 spiro atoms. The Bertz CT molecular complexity index is 1200. The molecule has 2 aromatic carbocycles. The minimum absolute atomic E-state index is 0.0769. The van der Waals surface area contributed by atoms with Gasteiger partial charge in [0.2, 0.25) is 5.91 Å². The number of nitrogens with one attached hydrogen (secondary N) is 1. The van der Waals surface area contributed by atoms with Gasteiger partial charge in [-0.2, -0.15) is 0 Å². The lowest BCUT2D eigenvalue weighted by molar-refractivity contribution is -0.122. The van der Waals surface area contributed by atoms with Crippen LogP contribution in [0.15, 0.2) is 77.2 Å². The number of nitrogens with zero attached hydrogens (tertiary/aromatic N) is 2. The molecule has 0 aliphatic heterocycles. The molecule has 4 rings (SSSR count). The van der Waals surface area contributed by atoms with Gasteiger partial charge < -0.3 is 5.32 Å². The van der Waals surface area contributed by atoms with Crippen molar-refractivity contribution < 1.29 is 4.79 Å². The molecule has 0 bridgehead atoms. The molecule has 0 saturated heterocycles. The molecule has 0 aliphatic rings. The third-order valence-corrected chi connectivity index (χ3v) is 5.97. The van der Waals surface area contributed by atoms with Crippen molar-refractivity contribution in [3.05, 3.63) is 98.7 Å². The van der Waals surface area contributed by atoms with Crippen LogP contribution in [0.2, 0.25) is 0 Å². The second kappa shape index (κ2) is 9.05. The van der Waals surface area contributed by atoms with E-state index in [4.69, 9.17) is 0 Å². The van der Waals surface area contributed by atoms with Crippen LogP contribution in [0.5, 0.6) is 0 Å². The van der Waals surface area contributed by atoms with Crippen LogP contribution in [-0.2, 0) is 17.8 Å². The van der Waals surface area contributed by atoms with E-state index in [0.29, 0.717) is 10.9 Å². The molecule has 6 heteroatoms. The van der Waals surface area contributed by atoms with Crippen molar-refractivity contribution >= 4 is 28.1 Å². The summed E-state index contributed by atoms with van der Waals surface area (Å²) in [6.45, 7) is 2.08. The van der Waals surface area contributed by atoms with Gasteiger partial charge in [-0.1, -0.05) is 55.8 Å². The molecule has 0 saturated carbocycles. The molecule has 152 valence electrons. The number of aromatic nitrogens is 2. The molecule has 1 N–H and O–H groups in total. The van der Waals surface area contributed by atoms with Crippen LogP contribution < -0.4 is 10.9 Å². The van der Waals surface area contributed by atoms with Gasteiger partial charge in [0.05, 0.1) is 23.3 Å². The third kappa shape index (κ3) is 4.33. The largest absolute Gasteiger partial charge is 0.343 e. The predicted molar refractivity (Wildman–Crippen MR) is 121 cm³/mol. The predicted octanol–water partition coefficient (Wildman–Crippen LogP) is 4.32. The summed E-state index contributed by atoms with van der Waals surface area (Å²) in [6, 6.07) is 19.3. The number of aryl methyl sites for hydroxylation is 1. The minimum atomic E-state index is -0.253. The highest BCUT2D eigenvalue weighted by atomic mass is 32.1. The Morgan fingerprint density at radius 2 is 1.90 bits per heavy atom. The Hall–Kier alpha value is -3.25. The summed E-state index contributed by atoms with van der Waals surface area (Å²) in [5, 5.41) is 5.60. The van der Waals surface area contributed by atoms with Gasteiger partial charge in [0, 0.05) is 4.88 Å². The Morgan fingerprint density at radius 3 is 2.63 bits per heavy atom. The summed E-state index contributed by atoms with van der Waals surface area (Å²) in [7, 11) is 0. The third-order valence-electron chi connectivity index (χ3n) is 5.03. The van der Waals surface area contributed by atoms with Gasteiger partial charge in [-0.05, 0) is 41.1 Å². The number of benzene rings is 2. The van der Waals surface area contributed by atoms with Gasteiger partial charge in [0.25, 0.3) is 5.56 Å². The van der Waals surface area contributed by atoms with E-state index in [1.165, 1.54) is 16.5 Å². The van der Waals surface area contributed by atoms with E-state index in [1.54, 1.807) is 29.5 Å². The van der Waals surface area contributed by atoms with Crippen LogP contribution in [0.3, 0.4) is 0 Å². The van der Waals surface area contributed by atoms with Crippen molar-refractivity contribution in [2.75, 3.05) is 0 Å². The fourth-order valence-corrected chi connectivity index (χ4v) is 4.32. The zero-order valence-corrected chi connectivity index (χ0v) is 17.6. The summed E-state index contributed by atoms with van der Waals surface area (Å²) in [5.41, 5.74) is 2.72. The molecular weight excluding hydrogens is 394 g/mol. The van der Waals surface area contributed by atoms with Gasteiger partial charge in [-0.3, -0.25) is 14.2 Å².